The SMILES string of the molecule is Cc1c(O)c(CN2CCN(CC3C4CC43)CC2)c(C)c2c1CCCO2. The highest BCUT2D eigenvalue weighted by Crippen LogP contribution is 2.68. The van der Waals surface area contributed by atoms with Crippen LogP contribution >= 0.6 is 0 Å². The number of rotatable bonds is 4. The summed E-state index contributed by atoms with van der Waals surface area (Å²) < 4.78 is 5.96. The average molecular weight is 342 g/mol. The Morgan fingerprint density at radius 1 is 1.04 bits per heavy atom. The van der Waals surface area contributed by atoms with Crippen LogP contribution in [-0.4, -0.2) is 54.2 Å². The molecule has 136 valence electrons. The predicted molar refractivity (Wildman–Crippen MR) is 98.2 cm³/mol. The first kappa shape index (κ1) is 16.0. The number of phenolic OH excluding ortho intramolecular Hbond substituents is 1. The predicted octanol–water partition coefficient (Wildman–Crippen LogP) is 2.72. The molecule has 2 aliphatic carbocycles. The molecule has 2 aliphatic heterocycles. The zero-order valence-electron chi connectivity index (χ0n) is 15.6. The van der Waals surface area contributed by atoms with Gasteiger partial charge in [0.2, 0.25) is 0 Å². The number of nitrogens with zero attached hydrogens (tertiary/aromatic N) is 2. The second-order valence-electron chi connectivity index (χ2n) is 8.64. The lowest BCUT2D eigenvalue weighted by Crippen LogP contribution is -2.46. The fraction of sp³-hybridized carbons (Fsp3) is 0.714. The molecule has 1 saturated heterocycles. The highest BCUT2D eigenvalue weighted by molar-refractivity contribution is 5.58. The van der Waals surface area contributed by atoms with Gasteiger partial charge in [0.25, 0.3) is 0 Å². The summed E-state index contributed by atoms with van der Waals surface area (Å²) in [5.41, 5.74) is 4.48. The zero-order chi connectivity index (χ0) is 17.1. The van der Waals surface area contributed by atoms with E-state index in [9.17, 15) is 5.11 Å². The number of benzene rings is 1. The molecular formula is C21H30N2O2. The van der Waals surface area contributed by atoms with Crippen molar-refractivity contribution in [1.82, 2.24) is 9.80 Å². The lowest BCUT2D eigenvalue weighted by atomic mass is 9.92. The summed E-state index contributed by atoms with van der Waals surface area (Å²) in [6, 6.07) is 0. The van der Waals surface area contributed by atoms with Crippen LogP contribution in [0.15, 0.2) is 0 Å². The van der Waals surface area contributed by atoms with E-state index in [1.165, 1.54) is 31.6 Å². The number of phenols is 1. The van der Waals surface area contributed by atoms with Crippen molar-refractivity contribution < 1.29 is 9.84 Å². The Bertz CT molecular complexity index is 686. The van der Waals surface area contributed by atoms with E-state index in [2.05, 4.69) is 16.7 Å². The normalized spacial score (nSPS) is 31.2. The van der Waals surface area contributed by atoms with Crippen LogP contribution < -0.4 is 4.74 Å². The summed E-state index contributed by atoms with van der Waals surface area (Å²) in [5.74, 6) is 4.80. The molecule has 25 heavy (non-hydrogen) atoms. The van der Waals surface area contributed by atoms with Crippen LogP contribution in [0.5, 0.6) is 11.5 Å². The molecule has 0 bridgehead atoms. The standard InChI is InChI=1S/C21H30N2O2/c1-13-15-4-3-9-25-21(15)14(2)18(20(13)24)11-22-5-7-23(8-6-22)12-19-16-10-17(16)19/h16-17,19,24H,3-12H2,1-2H3. The molecule has 4 aliphatic rings. The van der Waals surface area contributed by atoms with Crippen LogP contribution in [0.3, 0.4) is 0 Å². The van der Waals surface area contributed by atoms with Gasteiger partial charge in [0.05, 0.1) is 6.61 Å². The van der Waals surface area contributed by atoms with Gasteiger partial charge in [0.15, 0.2) is 0 Å². The van der Waals surface area contributed by atoms with Gasteiger partial charge < -0.3 is 14.7 Å². The second kappa shape index (κ2) is 5.88. The first-order valence-corrected chi connectivity index (χ1v) is 10.0. The van der Waals surface area contributed by atoms with Gasteiger partial charge in [0.1, 0.15) is 11.5 Å². The Balaban J connectivity index is 1.27. The molecule has 2 unspecified atom stereocenters. The Hall–Kier alpha value is -1.26. The molecule has 1 aromatic rings. The van der Waals surface area contributed by atoms with Gasteiger partial charge in [-0.05, 0) is 62.0 Å². The van der Waals surface area contributed by atoms with Crippen molar-refractivity contribution in [2.75, 3.05) is 39.3 Å². The number of piperazine rings is 1. The van der Waals surface area contributed by atoms with Gasteiger partial charge in [0, 0.05) is 50.4 Å². The first-order chi connectivity index (χ1) is 12.1. The quantitative estimate of drug-likeness (QED) is 0.913. The monoisotopic (exact) mass is 342 g/mol. The maximum atomic E-state index is 10.8. The summed E-state index contributed by atoms with van der Waals surface area (Å²) in [6.07, 6.45) is 3.59. The minimum Gasteiger partial charge on any atom is -0.507 e. The summed E-state index contributed by atoms with van der Waals surface area (Å²) in [7, 11) is 0. The van der Waals surface area contributed by atoms with E-state index in [1.807, 2.05) is 6.92 Å². The van der Waals surface area contributed by atoms with E-state index in [1.54, 1.807) is 0 Å². The Morgan fingerprint density at radius 2 is 1.76 bits per heavy atom. The fourth-order valence-corrected chi connectivity index (χ4v) is 5.03. The van der Waals surface area contributed by atoms with Gasteiger partial charge in [-0.15, -0.1) is 0 Å². The molecule has 2 heterocycles. The minimum atomic E-state index is 0.502. The third-order valence-electron chi connectivity index (χ3n) is 7.14. The van der Waals surface area contributed by atoms with E-state index in [-0.39, 0.29) is 0 Å². The molecule has 4 heteroatoms. The van der Waals surface area contributed by atoms with E-state index in [4.69, 9.17) is 4.74 Å². The third-order valence-corrected chi connectivity index (χ3v) is 7.14. The number of hydrogen-bond acceptors (Lipinski definition) is 4. The summed E-state index contributed by atoms with van der Waals surface area (Å²) >= 11 is 0. The molecule has 1 aromatic carbocycles. The smallest absolute Gasteiger partial charge is 0.126 e. The van der Waals surface area contributed by atoms with Gasteiger partial charge in [-0.2, -0.15) is 0 Å². The number of ether oxygens (including phenoxy) is 1. The van der Waals surface area contributed by atoms with Crippen molar-refractivity contribution >= 4 is 0 Å². The van der Waals surface area contributed by atoms with Crippen molar-refractivity contribution in [2.45, 2.75) is 39.7 Å². The number of aromatic hydroxyl groups is 1. The maximum absolute atomic E-state index is 10.8. The first-order valence-electron chi connectivity index (χ1n) is 10.0. The Morgan fingerprint density at radius 3 is 2.44 bits per heavy atom. The molecule has 0 radical (unpaired) electrons. The largest absolute Gasteiger partial charge is 0.507 e. The molecule has 4 nitrogen and oxygen atoms in total. The Kier molecular flexibility index (Phi) is 3.75. The molecular weight excluding hydrogens is 312 g/mol. The number of fused-ring (bicyclic) bond motifs is 2. The molecule has 0 amide bonds. The van der Waals surface area contributed by atoms with Crippen LogP contribution in [-0.2, 0) is 13.0 Å². The van der Waals surface area contributed by atoms with E-state index < -0.39 is 0 Å². The molecule has 2 saturated carbocycles. The molecule has 0 spiro atoms. The van der Waals surface area contributed by atoms with Crippen molar-refractivity contribution in [3.05, 3.63) is 22.3 Å². The average Bonchev–Trinajstić information content (AvgIpc) is 3.55. The van der Waals surface area contributed by atoms with Crippen LogP contribution in [0.25, 0.3) is 0 Å². The molecule has 2 atom stereocenters. The lowest BCUT2D eigenvalue weighted by molar-refractivity contribution is 0.117. The van der Waals surface area contributed by atoms with E-state index >= 15 is 0 Å². The highest BCUT2D eigenvalue weighted by atomic mass is 16.5. The van der Waals surface area contributed by atoms with Crippen LogP contribution in [0.1, 0.15) is 35.1 Å². The van der Waals surface area contributed by atoms with E-state index in [0.29, 0.717) is 5.75 Å². The van der Waals surface area contributed by atoms with E-state index in [0.717, 1.165) is 79.3 Å². The van der Waals surface area contributed by atoms with Crippen molar-refractivity contribution in [3.63, 3.8) is 0 Å². The lowest BCUT2D eigenvalue weighted by Gasteiger charge is -2.36. The van der Waals surface area contributed by atoms with Crippen LogP contribution in [0.2, 0.25) is 0 Å². The maximum Gasteiger partial charge on any atom is 0.126 e. The summed E-state index contributed by atoms with van der Waals surface area (Å²) in [4.78, 5) is 5.15. The molecule has 1 N–H and O–H groups in total. The minimum absolute atomic E-state index is 0.502. The van der Waals surface area contributed by atoms with Crippen LogP contribution in [0, 0.1) is 31.6 Å². The topological polar surface area (TPSA) is 35.9 Å². The van der Waals surface area contributed by atoms with Crippen molar-refractivity contribution in [3.8, 4) is 11.5 Å². The number of hydrogen-bond donors (Lipinski definition) is 1. The van der Waals surface area contributed by atoms with Crippen molar-refractivity contribution in [1.29, 1.82) is 0 Å². The molecule has 0 aromatic heterocycles. The fourth-order valence-electron chi connectivity index (χ4n) is 5.03. The third kappa shape index (κ3) is 2.74. The summed E-state index contributed by atoms with van der Waals surface area (Å²) in [5, 5.41) is 10.8. The van der Waals surface area contributed by atoms with Crippen LogP contribution in [0.4, 0.5) is 0 Å². The Labute approximate surface area is 150 Å². The van der Waals surface area contributed by atoms with Crippen molar-refractivity contribution in [2.24, 2.45) is 17.8 Å². The van der Waals surface area contributed by atoms with Gasteiger partial charge in [-0.1, -0.05) is 0 Å². The second-order valence-corrected chi connectivity index (χ2v) is 8.64. The van der Waals surface area contributed by atoms with Gasteiger partial charge >= 0.3 is 0 Å². The zero-order valence-corrected chi connectivity index (χ0v) is 15.6. The van der Waals surface area contributed by atoms with Gasteiger partial charge in [-0.3, -0.25) is 4.90 Å². The highest BCUT2D eigenvalue weighted by Gasteiger charge is 2.63. The van der Waals surface area contributed by atoms with Gasteiger partial charge in [-0.25, -0.2) is 0 Å². The summed E-state index contributed by atoms with van der Waals surface area (Å²) in [6.45, 7) is 11.7. The molecule has 5 rings (SSSR count). The molecule has 3 fully saturated rings.